The van der Waals surface area contributed by atoms with Gasteiger partial charge in [0.1, 0.15) is 0 Å². The molecular weight excluding hydrogens is 478 g/mol. The summed E-state index contributed by atoms with van der Waals surface area (Å²) in [4.78, 5) is 12.6. The molecule has 1 amide bonds. The Morgan fingerprint density at radius 3 is 2.19 bits per heavy atom. The molecule has 3 rings (SSSR count). The van der Waals surface area contributed by atoms with Crippen LogP contribution in [0.4, 0.5) is 0 Å². The van der Waals surface area contributed by atoms with E-state index < -0.39 is 15.9 Å². The Hall–Kier alpha value is -2.81. The second-order valence-corrected chi connectivity index (χ2v) is 9.59. The van der Waals surface area contributed by atoms with Crippen molar-refractivity contribution in [2.45, 2.75) is 11.3 Å². The second-order valence-electron chi connectivity index (χ2n) is 6.73. The fourth-order valence-corrected chi connectivity index (χ4v) is 4.51. The van der Waals surface area contributed by atoms with Crippen LogP contribution in [0.15, 0.2) is 99.4 Å². The van der Waals surface area contributed by atoms with Gasteiger partial charge in [-0.1, -0.05) is 76.6 Å². The van der Waals surface area contributed by atoms with Crippen molar-refractivity contribution >= 4 is 38.1 Å². The lowest BCUT2D eigenvalue weighted by molar-refractivity contribution is -0.121. The molecule has 8 heteroatoms. The summed E-state index contributed by atoms with van der Waals surface area (Å²) in [5.41, 5.74) is 4.22. The maximum Gasteiger partial charge on any atom is 0.255 e. The highest BCUT2D eigenvalue weighted by atomic mass is 79.9. The van der Waals surface area contributed by atoms with Gasteiger partial charge in [0, 0.05) is 11.0 Å². The Bertz CT molecular complexity index is 1120. The molecule has 31 heavy (non-hydrogen) atoms. The first-order valence-electron chi connectivity index (χ1n) is 9.62. The van der Waals surface area contributed by atoms with Gasteiger partial charge < -0.3 is 0 Å². The minimum atomic E-state index is -3.86. The van der Waals surface area contributed by atoms with Crippen molar-refractivity contribution in [1.82, 2.24) is 9.73 Å². The van der Waals surface area contributed by atoms with E-state index in [1.165, 1.54) is 22.7 Å². The van der Waals surface area contributed by atoms with E-state index in [1.54, 1.807) is 12.1 Å². The van der Waals surface area contributed by atoms with Crippen LogP contribution in [0.5, 0.6) is 0 Å². The number of nitrogens with zero attached hydrogens (tertiary/aromatic N) is 2. The lowest BCUT2D eigenvalue weighted by Crippen LogP contribution is -2.40. The van der Waals surface area contributed by atoms with Crippen LogP contribution in [0.25, 0.3) is 0 Å². The number of halogens is 1. The Labute approximate surface area is 190 Å². The van der Waals surface area contributed by atoms with Crippen molar-refractivity contribution in [3.8, 4) is 0 Å². The predicted molar refractivity (Wildman–Crippen MR) is 125 cm³/mol. The van der Waals surface area contributed by atoms with Gasteiger partial charge in [0.25, 0.3) is 5.91 Å². The number of hydrazone groups is 1. The van der Waals surface area contributed by atoms with Crippen LogP contribution in [0.2, 0.25) is 0 Å². The lowest BCUT2D eigenvalue weighted by atomic mass is 10.1. The van der Waals surface area contributed by atoms with Crippen molar-refractivity contribution in [3.63, 3.8) is 0 Å². The maximum atomic E-state index is 13.2. The zero-order chi connectivity index (χ0) is 22.1. The number of hydrogen-bond acceptors (Lipinski definition) is 4. The number of carbonyl (C=O) groups excluding carboxylic acids is 1. The molecule has 160 valence electrons. The second kappa shape index (κ2) is 11.0. The van der Waals surface area contributed by atoms with Crippen LogP contribution in [0, 0.1) is 0 Å². The summed E-state index contributed by atoms with van der Waals surface area (Å²) in [6.07, 6.45) is 1.99. The molecule has 0 aliphatic carbocycles. The van der Waals surface area contributed by atoms with Gasteiger partial charge in [0.2, 0.25) is 10.0 Å². The molecule has 0 bridgehead atoms. The Morgan fingerprint density at radius 2 is 1.55 bits per heavy atom. The van der Waals surface area contributed by atoms with E-state index in [0.29, 0.717) is 6.42 Å². The van der Waals surface area contributed by atoms with Crippen molar-refractivity contribution in [2.75, 3.05) is 13.1 Å². The number of hydrogen-bond donors (Lipinski definition) is 1. The SMILES string of the molecule is O=C(CN(CCc1ccccc1)S(=O)(=O)c1ccc(Br)cc1)N/N=C\c1ccccc1. The number of carbonyl (C=O) groups is 1. The summed E-state index contributed by atoms with van der Waals surface area (Å²) in [7, 11) is -3.86. The summed E-state index contributed by atoms with van der Waals surface area (Å²) in [6, 6.07) is 25.2. The topological polar surface area (TPSA) is 78.8 Å². The fourth-order valence-electron chi connectivity index (χ4n) is 2.85. The first-order chi connectivity index (χ1) is 14.9. The van der Waals surface area contributed by atoms with Crippen LogP contribution >= 0.6 is 15.9 Å². The zero-order valence-corrected chi connectivity index (χ0v) is 19.1. The highest BCUT2D eigenvalue weighted by Crippen LogP contribution is 2.19. The molecule has 0 aliphatic heterocycles. The number of nitrogens with one attached hydrogen (secondary N) is 1. The third-order valence-corrected chi connectivity index (χ3v) is 6.85. The summed E-state index contributed by atoms with van der Waals surface area (Å²) in [5.74, 6) is -0.513. The molecule has 0 radical (unpaired) electrons. The van der Waals surface area contributed by atoms with Crippen molar-refractivity contribution in [1.29, 1.82) is 0 Å². The molecule has 0 aliphatic rings. The van der Waals surface area contributed by atoms with Gasteiger partial charge in [0.15, 0.2) is 0 Å². The smallest absolute Gasteiger partial charge is 0.255 e. The highest BCUT2D eigenvalue weighted by molar-refractivity contribution is 9.10. The third-order valence-electron chi connectivity index (χ3n) is 4.47. The van der Waals surface area contributed by atoms with Gasteiger partial charge in [-0.15, -0.1) is 0 Å². The van der Waals surface area contributed by atoms with E-state index in [4.69, 9.17) is 0 Å². The van der Waals surface area contributed by atoms with Gasteiger partial charge in [-0.2, -0.15) is 9.41 Å². The van der Waals surface area contributed by atoms with E-state index in [9.17, 15) is 13.2 Å². The zero-order valence-electron chi connectivity index (χ0n) is 16.7. The van der Waals surface area contributed by atoms with E-state index >= 15 is 0 Å². The monoisotopic (exact) mass is 499 g/mol. The van der Waals surface area contributed by atoms with Gasteiger partial charge >= 0.3 is 0 Å². The van der Waals surface area contributed by atoms with Crippen LogP contribution < -0.4 is 5.43 Å². The third kappa shape index (κ3) is 6.85. The maximum absolute atomic E-state index is 13.2. The molecule has 3 aromatic carbocycles. The van der Waals surface area contributed by atoms with Gasteiger partial charge in [-0.05, 0) is 41.8 Å². The minimum absolute atomic E-state index is 0.129. The molecule has 6 nitrogen and oxygen atoms in total. The number of rotatable bonds is 9. The molecule has 0 heterocycles. The average molecular weight is 500 g/mol. The Morgan fingerprint density at radius 1 is 0.935 bits per heavy atom. The normalized spacial score (nSPS) is 11.7. The molecule has 0 fully saturated rings. The van der Waals surface area contributed by atoms with Crippen LogP contribution in [0.1, 0.15) is 11.1 Å². The van der Waals surface area contributed by atoms with Crippen LogP contribution in [0.3, 0.4) is 0 Å². The molecule has 3 aromatic rings. The molecule has 0 spiro atoms. The minimum Gasteiger partial charge on any atom is -0.272 e. The van der Waals surface area contributed by atoms with E-state index in [0.717, 1.165) is 15.6 Å². The number of amides is 1. The predicted octanol–water partition coefficient (Wildman–Crippen LogP) is 3.83. The summed E-state index contributed by atoms with van der Waals surface area (Å²) in [6.45, 7) is -0.171. The molecular formula is C23H22BrN3O3S. The molecule has 0 aromatic heterocycles. The Kier molecular flexibility index (Phi) is 8.11. The van der Waals surface area contributed by atoms with Crippen molar-refractivity contribution in [2.24, 2.45) is 5.10 Å². The first-order valence-corrected chi connectivity index (χ1v) is 11.8. The van der Waals surface area contributed by atoms with Crippen molar-refractivity contribution < 1.29 is 13.2 Å². The van der Waals surface area contributed by atoms with Gasteiger partial charge in [-0.25, -0.2) is 13.8 Å². The summed E-state index contributed by atoms with van der Waals surface area (Å²) >= 11 is 3.31. The first kappa shape index (κ1) is 22.9. The fraction of sp³-hybridized carbons (Fsp3) is 0.130. The highest BCUT2D eigenvalue weighted by Gasteiger charge is 2.26. The lowest BCUT2D eigenvalue weighted by Gasteiger charge is -2.21. The van der Waals surface area contributed by atoms with E-state index in [2.05, 4.69) is 26.5 Å². The average Bonchev–Trinajstić information content (AvgIpc) is 2.78. The molecule has 1 N–H and O–H groups in total. The van der Waals surface area contributed by atoms with Gasteiger partial charge in [-0.3, -0.25) is 4.79 Å². The molecule has 0 saturated heterocycles. The van der Waals surface area contributed by atoms with E-state index in [1.807, 2.05) is 60.7 Å². The van der Waals surface area contributed by atoms with Crippen LogP contribution in [-0.2, 0) is 21.2 Å². The number of sulfonamides is 1. The molecule has 0 unspecified atom stereocenters. The Balaban J connectivity index is 1.73. The van der Waals surface area contributed by atoms with Gasteiger partial charge in [0.05, 0.1) is 17.7 Å². The summed E-state index contributed by atoms with van der Waals surface area (Å²) < 4.78 is 28.3. The van der Waals surface area contributed by atoms with Crippen LogP contribution in [-0.4, -0.2) is 37.9 Å². The van der Waals surface area contributed by atoms with Crippen molar-refractivity contribution in [3.05, 3.63) is 101 Å². The quantitative estimate of drug-likeness (QED) is 0.358. The molecule has 0 saturated carbocycles. The van der Waals surface area contributed by atoms with E-state index in [-0.39, 0.29) is 18.0 Å². The largest absolute Gasteiger partial charge is 0.272 e. The summed E-state index contributed by atoms with van der Waals surface area (Å²) in [5, 5.41) is 3.93. The standard InChI is InChI=1S/C23H22BrN3O3S/c24-21-11-13-22(14-12-21)31(29,30)27(16-15-19-7-3-1-4-8-19)18-23(28)26-25-17-20-9-5-2-6-10-20/h1-14,17H,15-16,18H2,(H,26,28)/b25-17-. The molecule has 0 atom stereocenters. The number of benzene rings is 3.